The van der Waals surface area contributed by atoms with Crippen LogP contribution in [0.3, 0.4) is 0 Å². The number of benzene rings is 2. The largest absolute Gasteiger partial charge is 0.271 e. The average molecular weight is 350 g/mol. The van der Waals surface area contributed by atoms with Crippen LogP contribution in [-0.2, 0) is 16.6 Å². The van der Waals surface area contributed by atoms with E-state index >= 15 is 0 Å². The molecule has 0 fully saturated rings. The molecule has 1 N–H and O–H groups in total. The van der Waals surface area contributed by atoms with E-state index in [-0.39, 0.29) is 4.90 Å². The molecule has 0 atom stereocenters. The van der Waals surface area contributed by atoms with Gasteiger partial charge in [0.1, 0.15) is 0 Å². The number of aromatic nitrogens is 2. The first-order valence-electron chi connectivity index (χ1n) is 7.21. The van der Waals surface area contributed by atoms with Gasteiger partial charge in [-0.25, -0.2) is 13.1 Å². The zero-order chi connectivity index (χ0) is 16.3. The van der Waals surface area contributed by atoms with Crippen LogP contribution in [0.2, 0.25) is 5.02 Å². The molecule has 0 spiro atoms. The number of halogens is 1. The highest BCUT2D eigenvalue weighted by molar-refractivity contribution is 7.89. The quantitative estimate of drug-likeness (QED) is 0.696. The minimum absolute atomic E-state index is 0.276. The van der Waals surface area contributed by atoms with Gasteiger partial charge in [-0.05, 0) is 29.3 Å². The first-order valence-corrected chi connectivity index (χ1v) is 9.07. The van der Waals surface area contributed by atoms with Crippen molar-refractivity contribution >= 4 is 32.4 Å². The second-order valence-corrected chi connectivity index (χ2v) is 7.39. The SMILES string of the molecule is O=S(=O)(NCCCn1cc(Cl)cn1)c1ccc2ccccc2c1. The van der Waals surface area contributed by atoms with Crippen molar-refractivity contribution in [1.82, 2.24) is 14.5 Å². The van der Waals surface area contributed by atoms with E-state index in [4.69, 9.17) is 11.6 Å². The van der Waals surface area contributed by atoms with Crippen LogP contribution in [-0.4, -0.2) is 24.7 Å². The molecule has 3 aromatic rings. The summed E-state index contributed by atoms with van der Waals surface area (Å²) in [5.41, 5.74) is 0. The fourth-order valence-corrected chi connectivity index (χ4v) is 3.59. The summed E-state index contributed by atoms with van der Waals surface area (Å²) in [6.07, 6.45) is 3.89. The molecule has 1 heterocycles. The number of fused-ring (bicyclic) bond motifs is 1. The maximum absolute atomic E-state index is 12.3. The van der Waals surface area contributed by atoms with Crippen molar-refractivity contribution in [1.29, 1.82) is 0 Å². The van der Waals surface area contributed by atoms with Crippen LogP contribution in [0.1, 0.15) is 6.42 Å². The molecule has 0 aliphatic rings. The van der Waals surface area contributed by atoms with E-state index in [0.29, 0.717) is 24.5 Å². The lowest BCUT2D eigenvalue weighted by Gasteiger charge is -2.08. The van der Waals surface area contributed by atoms with E-state index in [1.54, 1.807) is 29.2 Å². The Bertz CT molecular complexity index is 922. The van der Waals surface area contributed by atoms with Gasteiger partial charge in [0, 0.05) is 19.3 Å². The standard InChI is InChI=1S/C16H16ClN3O2S/c17-15-11-18-20(12-15)9-3-8-19-23(21,22)16-7-6-13-4-1-2-5-14(13)10-16/h1-2,4-7,10-12,19H,3,8-9H2. The van der Waals surface area contributed by atoms with Crippen molar-refractivity contribution in [3.05, 3.63) is 59.9 Å². The number of aryl methyl sites for hydroxylation is 1. The molecule has 0 bridgehead atoms. The van der Waals surface area contributed by atoms with Crippen LogP contribution in [0.25, 0.3) is 10.8 Å². The lowest BCUT2D eigenvalue weighted by atomic mass is 10.1. The monoisotopic (exact) mass is 349 g/mol. The molecule has 23 heavy (non-hydrogen) atoms. The minimum atomic E-state index is -3.51. The molecule has 0 radical (unpaired) electrons. The maximum Gasteiger partial charge on any atom is 0.240 e. The number of nitrogens with one attached hydrogen (secondary N) is 1. The number of sulfonamides is 1. The topological polar surface area (TPSA) is 64.0 Å². The van der Waals surface area contributed by atoms with E-state index in [1.165, 1.54) is 0 Å². The highest BCUT2D eigenvalue weighted by atomic mass is 35.5. The van der Waals surface area contributed by atoms with Crippen molar-refractivity contribution in [3.63, 3.8) is 0 Å². The summed E-state index contributed by atoms with van der Waals surface area (Å²) in [5, 5.41) is 6.54. The highest BCUT2D eigenvalue weighted by Gasteiger charge is 2.13. The summed E-state index contributed by atoms with van der Waals surface area (Å²) < 4.78 is 29.0. The van der Waals surface area contributed by atoms with Crippen molar-refractivity contribution in [2.45, 2.75) is 17.9 Å². The van der Waals surface area contributed by atoms with Gasteiger partial charge in [-0.2, -0.15) is 5.10 Å². The van der Waals surface area contributed by atoms with Crippen LogP contribution in [0, 0.1) is 0 Å². The third-order valence-electron chi connectivity index (χ3n) is 3.49. The Labute approximate surface area is 139 Å². The molecule has 7 heteroatoms. The lowest BCUT2D eigenvalue weighted by molar-refractivity contribution is 0.553. The van der Waals surface area contributed by atoms with Gasteiger partial charge >= 0.3 is 0 Å². The van der Waals surface area contributed by atoms with Crippen LogP contribution < -0.4 is 4.72 Å². The molecule has 3 rings (SSSR count). The number of rotatable bonds is 6. The van der Waals surface area contributed by atoms with Crippen molar-refractivity contribution in [2.24, 2.45) is 0 Å². The van der Waals surface area contributed by atoms with Gasteiger partial charge in [-0.15, -0.1) is 0 Å². The number of hydrogen-bond acceptors (Lipinski definition) is 3. The van der Waals surface area contributed by atoms with Crippen LogP contribution in [0.4, 0.5) is 0 Å². The summed E-state index contributed by atoms with van der Waals surface area (Å²) in [6.45, 7) is 0.944. The van der Waals surface area contributed by atoms with Gasteiger partial charge < -0.3 is 0 Å². The van der Waals surface area contributed by atoms with Crippen LogP contribution in [0.15, 0.2) is 59.8 Å². The van der Waals surface area contributed by atoms with Gasteiger partial charge in [0.05, 0.1) is 16.1 Å². The Morgan fingerprint density at radius 3 is 2.65 bits per heavy atom. The van der Waals surface area contributed by atoms with E-state index in [1.807, 2.05) is 30.3 Å². The average Bonchev–Trinajstić information content (AvgIpc) is 2.96. The Morgan fingerprint density at radius 2 is 1.91 bits per heavy atom. The molecule has 5 nitrogen and oxygen atoms in total. The minimum Gasteiger partial charge on any atom is -0.271 e. The molecule has 0 amide bonds. The summed E-state index contributed by atoms with van der Waals surface area (Å²) >= 11 is 5.78. The molecule has 0 unspecified atom stereocenters. The Balaban J connectivity index is 1.63. The van der Waals surface area contributed by atoms with Gasteiger partial charge in [-0.1, -0.05) is 41.9 Å². The highest BCUT2D eigenvalue weighted by Crippen LogP contribution is 2.18. The molecule has 0 saturated carbocycles. The molecule has 0 saturated heterocycles. The third-order valence-corrected chi connectivity index (χ3v) is 5.14. The van der Waals surface area contributed by atoms with Gasteiger partial charge in [0.2, 0.25) is 10.0 Å². The zero-order valence-electron chi connectivity index (χ0n) is 12.3. The fraction of sp³-hybridized carbons (Fsp3) is 0.188. The van der Waals surface area contributed by atoms with E-state index in [2.05, 4.69) is 9.82 Å². The Hall–Kier alpha value is -1.89. The molecular weight excluding hydrogens is 334 g/mol. The molecule has 0 aliphatic heterocycles. The van der Waals surface area contributed by atoms with Gasteiger partial charge in [0.25, 0.3) is 0 Å². The molecule has 120 valence electrons. The summed E-state index contributed by atoms with van der Waals surface area (Å²) in [6, 6.07) is 12.8. The maximum atomic E-state index is 12.3. The van der Waals surface area contributed by atoms with E-state index < -0.39 is 10.0 Å². The summed E-state index contributed by atoms with van der Waals surface area (Å²) in [4.78, 5) is 0.276. The predicted molar refractivity (Wildman–Crippen MR) is 91.0 cm³/mol. The van der Waals surface area contributed by atoms with Crippen molar-refractivity contribution in [2.75, 3.05) is 6.54 Å². The number of hydrogen-bond donors (Lipinski definition) is 1. The number of nitrogens with zero attached hydrogens (tertiary/aromatic N) is 2. The third kappa shape index (κ3) is 3.90. The molecule has 0 aliphatic carbocycles. The first kappa shape index (κ1) is 16.0. The second kappa shape index (κ2) is 6.70. The molecule has 1 aromatic heterocycles. The summed E-state index contributed by atoms with van der Waals surface area (Å²) in [5.74, 6) is 0. The molecule has 2 aromatic carbocycles. The predicted octanol–water partition coefficient (Wildman–Crippen LogP) is 3.06. The zero-order valence-corrected chi connectivity index (χ0v) is 13.9. The summed E-state index contributed by atoms with van der Waals surface area (Å²) in [7, 11) is -3.51. The molecular formula is C16H16ClN3O2S. The first-order chi connectivity index (χ1) is 11.0. The smallest absolute Gasteiger partial charge is 0.240 e. The van der Waals surface area contributed by atoms with Gasteiger partial charge in [0.15, 0.2) is 0 Å². The second-order valence-electron chi connectivity index (χ2n) is 5.18. The Morgan fingerprint density at radius 1 is 1.13 bits per heavy atom. The lowest BCUT2D eigenvalue weighted by Crippen LogP contribution is -2.25. The van der Waals surface area contributed by atoms with Crippen LogP contribution >= 0.6 is 11.6 Å². The van der Waals surface area contributed by atoms with E-state index in [9.17, 15) is 8.42 Å². The fourth-order valence-electron chi connectivity index (χ4n) is 2.33. The van der Waals surface area contributed by atoms with Gasteiger partial charge in [-0.3, -0.25) is 4.68 Å². The van der Waals surface area contributed by atoms with Crippen molar-refractivity contribution in [3.8, 4) is 0 Å². The van der Waals surface area contributed by atoms with Crippen LogP contribution in [0.5, 0.6) is 0 Å². The van der Waals surface area contributed by atoms with E-state index in [0.717, 1.165) is 10.8 Å². The Kier molecular flexibility index (Phi) is 4.66. The van der Waals surface area contributed by atoms with Crippen molar-refractivity contribution < 1.29 is 8.42 Å². The normalized spacial score (nSPS) is 11.9.